The zero-order chi connectivity index (χ0) is 20.3. The van der Waals surface area contributed by atoms with Crippen molar-refractivity contribution in [3.8, 4) is 11.8 Å². The molecule has 3 atom stereocenters. The third kappa shape index (κ3) is 3.56. The lowest BCUT2D eigenvalue weighted by molar-refractivity contribution is -0.141. The highest BCUT2D eigenvalue weighted by atomic mass is 16.5. The second-order valence-electron chi connectivity index (χ2n) is 7.26. The van der Waals surface area contributed by atoms with Crippen molar-refractivity contribution in [3.63, 3.8) is 0 Å². The van der Waals surface area contributed by atoms with Crippen LogP contribution in [0.3, 0.4) is 0 Å². The number of nitriles is 1. The summed E-state index contributed by atoms with van der Waals surface area (Å²) < 4.78 is 5.39. The fourth-order valence-electron chi connectivity index (χ4n) is 3.71. The number of hydrogen-bond donors (Lipinski definition) is 2. The van der Waals surface area contributed by atoms with Crippen molar-refractivity contribution in [3.05, 3.63) is 65.2 Å². The number of nitrogens with zero attached hydrogens (tertiary/aromatic N) is 1. The van der Waals surface area contributed by atoms with Crippen LogP contribution in [-0.4, -0.2) is 30.5 Å². The fourth-order valence-corrected chi connectivity index (χ4v) is 3.71. The summed E-state index contributed by atoms with van der Waals surface area (Å²) in [6.07, 6.45) is 0.393. The molecule has 6 nitrogen and oxygen atoms in total. The van der Waals surface area contributed by atoms with Crippen LogP contribution in [0.4, 0.5) is 0 Å². The Labute approximate surface area is 164 Å². The van der Waals surface area contributed by atoms with E-state index in [1.807, 2.05) is 37.3 Å². The highest BCUT2D eigenvalue weighted by molar-refractivity contribution is 6.00. The summed E-state index contributed by atoms with van der Waals surface area (Å²) >= 11 is 0. The average Bonchev–Trinajstić information content (AvgIpc) is 2.70. The number of nitrogens with one attached hydrogen (secondary N) is 2. The van der Waals surface area contributed by atoms with E-state index >= 15 is 0 Å². The first-order chi connectivity index (χ1) is 13.4. The van der Waals surface area contributed by atoms with Crippen LogP contribution in [0, 0.1) is 11.3 Å². The molecule has 1 heterocycles. The normalized spacial score (nSPS) is 22.6. The molecular formula is C22H23N3O3. The van der Waals surface area contributed by atoms with Crippen molar-refractivity contribution in [2.75, 3.05) is 7.11 Å². The molecule has 1 fully saturated rings. The first-order valence-corrected chi connectivity index (χ1v) is 9.13. The van der Waals surface area contributed by atoms with Gasteiger partial charge in [0, 0.05) is 17.9 Å². The van der Waals surface area contributed by atoms with Crippen molar-refractivity contribution < 1.29 is 14.3 Å². The van der Waals surface area contributed by atoms with E-state index in [0.717, 1.165) is 5.56 Å². The molecule has 0 spiro atoms. The summed E-state index contributed by atoms with van der Waals surface area (Å²) in [5.41, 5.74) is 0.961. The van der Waals surface area contributed by atoms with Crippen LogP contribution in [0.2, 0.25) is 0 Å². The zero-order valence-electron chi connectivity index (χ0n) is 16.2. The molecule has 2 aromatic rings. The maximum absolute atomic E-state index is 12.9. The molecule has 1 aliphatic rings. The molecular weight excluding hydrogens is 354 g/mol. The molecule has 144 valence electrons. The Morgan fingerprint density at radius 2 is 1.89 bits per heavy atom. The van der Waals surface area contributed by atoms with Crippen molar-refractivity contribution >= 4 is 11.8 Å². The molecule has 0 aliphatic carbocycles. The Balaban J connectivity index is 1.86. The lowest BCUT2D eigenvalue weighted by Gasteiger charge is -2.39. The van der Waals surface area contributed by atoms with Crippen LogP contribution in [0.15, 0.2) is 48.5 Å². The Hall–Kier alpha value is -3.33. The SMILES string of the molecule is COc1cccc(C#N)c1C(C)C1NC(=O)C(C)(Cc2ccccc2)NC1=O. The third-order valence-electron chi connectivity index (χ3n) is 5.23. The molecule has 6 heteroatoms. The number of ether oxygens (including phenoxy) is 1. The number of carbonyl (C=O) groups is 2. The molecule has 3 unspecified atom stereocenters. The standard InChI is InChI=1S/C22H23N3O3/c1-14(18-16(13-23)10-7-11-17(18)28-3)19-20(26)25-22(2,21(27)24-19)12-15-8-5-4-6-9-15/h4-11,14,19H,12H2,1-3H3,(H,24,27)(H,25,26). The third-order valence-corrected chi connectivity index (χ3v) is 5.23. The molecule has 0 saturated carbocycles. The maximum atomic E-state index is 12.9. The topological polar surface area (TPSA) is 91.2 Å². The van der Waals surface area contributed by atoms with E-state index < -0.39 is 17.5 Å². The van der Waals surface area contributed by atoms with Crippen molar-refractivity contribution in [2.45, 2.75) is 37.8 Å². The maximum Gasteiger partial charge on any atom is 0.246 e. The first-order valence-electron chi connectivity index (χ1n) is 9.13. The second kappa shape index (κ2) is 7.73. The highest BCUT2D eigenvalue weighted by Gasteiger charge is 2.45. The lowest BCUT2D eigenvalue weighted by atomic mass is 9.83. The van der Waals surface area contributed by atoms with Gasteiger partial charge in [-0.25, -0.2) is 0 Å². The fraction of sp³-hybridized carbons (Fsp3) is 0.318. The predicted molar refractivity (Wildman–Crippen MR) is 105 cm³/mol. The Morgan fingerprint density at radius 3 is 2.54 bits per heavy atom. The van der Waals surface area contributed by atoms with Crippen LogP contribution < -0.4 is 15.4 Å². The Kier molecular flexibility index (Phi) is 5.36. The number of hydrogen-bond acceptors (Lipinski definition) is 4. The minimum atomic E-state index is -1.03. The predicted octanol–water partition coefficient (Wildman–Crippen LogP) is 2.29. The zero-order valence-corrected chi connectivity index (χ0v) is 16.2. The summed E-state index contributed by atoms with van der Waals surface area (Å²) in [6, 6.07) is 16.1. The van der Waals surface area contributed by atoms with E-state index in [0.29, 0.717) is 23.3 Å². The van der Waals surface area contributed by atoms with Gasteiger partial charge >= 0.3 is 0 Å². The number of amides is 2. The minimum Gasteiger partial charge on any atom is -0.496 e. The largest absolute Gasteiger partial charge is 0.496 e. The molecule has 2 N–H and O–H groups in total. The number of benzene rings is 2. The van der Waals surface area contributed by atoms with Gasteiger partial charge in [-0.1, -0.05) is 43.3 Å². The highest BCUT2D eigenvalue weighted by Crippen LogP contribution is 2.33. The molecule has 28 heavy (non-hydrogen) atoms. The Bertz CT molecular complexity index is 936. The van der Waals surface area contributed by atoms with Gasteiger partial charge in [0.1, 0.15) is 17.3 Å². The van der Waals surface area contributed by atoms with Gasteiger partial charge in [0.2, 0.25) is 11.8 Å². The van der Waals surface area contributed by atoms with E-state index in [9.17, 15) is 14.9 Å². The van der Waals surface area contributed by atoms with E-state index in [-0.39, 0.29) is 11.8 Å². The van der Waals surface area contributed by atoms with E-state index in [2.05, 4.69) is 16.7 Å². The summed E-state index contributed by atoms with van der Waals surface area (Å²) in [5.74, 6) is -0.441. The molecule has 2 amide bonds. The summed E-state index contributed by atoms with van der Waals surface area (Å²) in [6.45, 7) is 3.53. The van der Waals surface area contributed by atoms with Crippen LogP contribution in [0.25, 0.3) is 0 Å². The monoisotopic (exact) mass is 377 g/mol. The molecule has 0 radical (unpaired) electrons. The van der Waals surface area contributed by atoms with Gasteiger partial charge in [-0.3, -0.25) is 9.59 Å². The average molecular weight is 377 g/mol. The van der Waals surface area contributed by atoms with Gasteiger partial charge in [0.25, 0.3) is 0 Å². The van der Waals surface area contributed by atoms with Crippen LogP contribution in [0.1, 0.15) is 36.5 Å². The van der Waals surface area contributed by atoms with Crippen molar-refractivity contribution in [1.82, 2.24) is 10.6 Å². The molecule has 1 saturated heterocycles. The second-order valence-corrected chi connectivity index (χ2v) is 7.26. The smallest absolute Gasteiger partial charge is 0.246 e. The van der Waals surface area contributed by atoms with Crippen LogP contribution in [-0.2, 0) is 16.0 Å². The quantitative estimate of drug-likeness (QED) is 0.836. The Morgan fingerprint density at radius 1 is 1.18 bits per heavy atom. The van der Waals surface area contributed by atoms with Crippen molar-refractivity contribution in [2.24, 2.45) is 0 Å². The van der Waals surface area contributed by atoms with Gasteiger partial charge in [0.05, 0.1) is 18.7 Å². The number of carbonyl (C=O) groups excluding carboxylic acids is 2. The van der Waals surface area contributed by atoms with E-state index in [1.165, 1.54) is 7.11 Å². The van der Waals surface area contributed by atoms with Crippen molar-refractivity contribution in [1.29, 1.82) is 5.26 Å². The number of methoxy groups -OCH3 is 1. The van der Waals surface area contributed by atoms with Gasteiger partial charge in [0.15, 0.2) is 0 Å². The van der Waals surface area contributed by atoms with E-state index in [4.69, 9.17) is 4.74 Å². The molecule has 0 aromatic heterocycles. The van der Waals surface area contributed by atoms with Gasteiger partial charge < -0.3 is 15.4 Å². The van der Waals surface area contributed by atoms with E-state index in [1.54, 1.807) is 25.1 Å². The van der Waals surface area contributed by atoms with Gasteiger partial charge in [-0.05, 0) is 24.6 Å². The van der Waals surface area contributed by atoms with Crippen LogP contribution in [0.5, 0.6) is 5.75 Å². The van der Waals surface area contributed by atoms with Crippen LogP contribution >= 0.6 is 0 Å². The molecule has 0 bridgehead atoms. The number of rotatable bonds is 5. The molecule has 2 aromatic carbocycles. The lowest BCUT2D eigenvalue weighted by Crippen LogP contribution is -2.69. The minimum absolute atomic E-state index is 0.249. The summed E-state index contributed by atoms with van der Waals surface area (Å²) in [5, 5.41) is 15.2. The first kappa shape index (κ1) is 19.4. The number of piperazine rings is 1. The summed E-state index contributed by atoms with van der Waals surface area (Å²) in [4.78, 5) is 25.8. The summed E-state index contributed by atoms with van der Waals surface area (Å²) in [7, 11) is 1.52. The van der Waals surface area contributed by atoms with Gasteiger partial charge in [-0.15, -0.1) is 0 Å². The molecule has 3 rings (SSSR count). The molecule has 1 aliphatic heterocycles. The van der Waals surface area contributed by atoms with Gasteiger partial charge in [-0.2, -0.15) is 5.26 Å².